The summed E-state index contributed by atoms with van der Waals surface area (Å²) in [5.74, 6) is 1.04. The van der Waals surface area contributed by atoms with Gasteiger partial charge in [0, 0.05) is 42.3 Å². The highest BCUT2D eigenvalue weighted by molar-refractivity contribution is 6.11. The minimum absolute atomic E-state index is 0.167. The molecule has 2 aliphatic heterocycles. The first-order valence-corrected chi connectivity index (χ1v) is 13.5. The summed E-state index contributed by atoms with van der Waals surface area (Å²) in [7, 11) is 0. The van der Waals surface area contributed by atoms with E-state index in [9.17, 15) is 4.79 Å². The van der Waals surface area contributed by atoms with E-state index in [0.29, 0.717) is 6.04 Å². The van der Waals surface area contributed by atoms with Gasteiger partial charge in [-0.1, -0.05) is 73.6 Å². The van der Waals surface area contributed by atoms with Crippen molar-refractivity contribution < 1.29 is 4.79 Å². The maximum absolute atomic E-state index is 9.44. The number of hydrogen-bond donors (Lipinski definition) is 2. The molecular weight excluding hydrogens is 468 g/mol. The van der Waals surface area contributed by atoms with Crippen LogP contribution >= 0.6 is 0 Å². The number of nitrogens with two attached hydrogens (primary N) is 1. The number of carbonyl (C=O) groups is 1. The van der Waals surface area contributed by atoms with Crippen LogP contribution in [0.4, 0.5) is 0 Å². The number of aryl methyl sites for hydroxylation is 1. The molecule has 38 heavy (non-hydrogen) atoms. The van der Waals surface area contributed by atoms with Crippen LogP contribution in [-0.4, -0.2) is 35.7 Å². The van der Waals surface area contributed by atoms with Crippen molar-refractivity contribution in [2.24, 2.45) is 10.7 Å². The summed E-state index contributed by atoms with van der Waals surface area (Å²) in [6, 6.07) is 8.82. The highest BCUT2D eigenvalue weighted by atomic mass is 16.1. The summed E-state index contributed by atoms with van der Waals surface area (Å²) in [6.45, 7) is 21.5. The number of hydrogen-bond acceptors (Lipinski definition) is 4. The summed E-state index contributed by atoms with van der Waals surface area (Å²) in [6.07, 6.45) is 14.7. The lowest BCUT2D eigenvalue weighted by molar-refractivity contribution is -0.114. The molecule has 0 aromatic heterocycles. The molecule has 1 aromatic rings. The molecule has 0 aliphatic carbocycles. The summed E-state index contributed by atoms with van der Waals surface area (Å²) in [5.41, 5.74) is 14.4. The number of ketones is 1. The van der Waals surface area contributed by atoms with Crippen molar-refractivity contribution in [1.29, 1.82) is 0 Å². The molecule has 0 radical (unpaired) electrons. The molecule has 206 valence electrons. The first-order valence-electron chi connectivity index (χ1n) is 13.5. The van der Waals surface area contributed by atoms with E-state index in [4.69, 9.17) is 5.73 Å². The first kappa shape index (κ1) is 32.6. The number of allylic oxidation sites excluding steroid dienone is 6. The molecule has 1 aromatic carbocycles. The highest BCUT2D eigenvalue weighted by Gasteiger charge is 2.23. The Labute approximate surface area is 231 Å². The molecule has 2 heterocycles. The van der Waals surface area contributed by atoms with Crippen molar-refractivity contribution in [2.45, 2.75) is 74.3 Å². The van der Waals surface area contributed by atoms with E-state index >= 15 is 0 Å². The number of nitrogens with one attached hydrogen (secondary N) is 1. The Morgan fingerprint density at radius 1 is 1.13 bits per heavy atom. The fraction of sp³-hybridized carbons (Fsp3) is 0.394. The average molecular weight is 517 g/mol. The summed E-state index contributed by atoms with van der Waals surface area (Å²) >= 11 is 0. The smallest absolute Gasteiger partial charge is 0.137 e. The van der Waals surface area contributed by atoms with Crippen LogP contribution in [0.25, 0.3) is 5.70 Å². The second-order valence-electron chi connectivity index (χ2n) is 9.97. The van der Waals surface area contributed by atoms with Gasteiger partial charge in [0.2, 0.25) is 0 Å². The quantitative estimate of drug-likeness (QED) is 0.375. The Morgan fingerprint density at radius 3 is 2.21 bits per heavy atom. The molecule has 1 fully saturated rings. The minimum atomic E-state index is 0.167. The number of rotatable bonds is 7. The third-order valence-corrected chi connectivity index (χ3v) is 5.78. The maximum atomic E-state index is 9.44. The lowest BCUT2D eigenvalue weighted by Crippen LogP contribution is -2.54. The van der Waals surface area contributed by atoms with Crippen LogP contribution in [0.3, 0.4) is 0 Å². The van der Waals surface area contributed by atoms with Crippen molar-refractivity contribution in [2.75, 3.05) is 13.1 Å². The third-order valence-electron chi connectivity index (χ3n) is 5.78. The van der Waals surface area contributed by atoms with Crippen molar-refractivity contribution in [3.63, 3.8) is 0 Å². The SMILES string of the molecule is C=CN=C1NC(c2ccc(C)cc2)=CC1=C(C)C.CC(C)=O.CC/C=C/C=C(\C=C(/C)CC)N1CC(N)C1. The van der Waals surface area contributed by atoms with Crippen LogP contribution in [0, 0.1) is 6.92 Å². The molecule has 0 bridgehead atoms. The van der Waals surface area contributed by atoms with E-state index < -0.39 is 0 Å². The van der Waals surface area contributed by atoms with Gasteiger partial charge in [-0.3, -0.25) is 0 Å². The lowest BCUT2D eigenvalue weighted by atomic mass is 10.1. The molecule has 0 saturated carbocycles. The van der Waals surface area contributed by atoms with Gasteiger partial charge in [0.05, 0.1) is 0 Å². The van der Waals surface area contributed by atoms with Gasteiger partial charge in [0.15, 0.2) is 0 Å². The second kappa shape index (κ2) is 17.1. The lowest BCUT2D eigenvalue weighted by Gasteiger charge is -2.39. The summed E-state index contributed by atoms with van der Waals surface area (Å²) in [5, 5.41) is 3.34. The number of likely N-dealkylation sites (tertiary alicyclic amines) is 1. The predicted molar refractivity (Wildman–Crippen MR) is 166 cm³/mol. The van der Waals surface area contributed by atoms with Crippen molar-refractivity contribution in [1.82, 2.24) is 10.2 Å². The van der Waals surface area contributed by atoms with E-state index in [2.05, 4.69) is 118 Å². The van der Waals surface area contributed by atoms with E-state index in [1.807, 2.05) is 0 Å². The zero-order valence-corrected chi connectivity index (χ0v) is 24.8. The van der Waals surface area contributed by atoms with Crippen molar-refractivity contribution >= 4 is 17.3 Å². The van der Waals surface area contributed by atoms with Crippen LogP contribution in [-0.2, 0) is 4.79 Å². The number of nitrogens with zero attached hydrogens (tertiary/aromatic N) is 2. The molecule has 2 aliphatic rings. The number of aliphatic imine (C=N–C) groups is 1. The monoisotopic (exact) mass is 516 g/mol. The normalized spacial score (nSPS) is 16.7. The van der Waals surface area contributed by atoms with Gasteiger partial charge >= 0.3 is 0 Å². The van der Waals surface area contributed by atoms with Crippen LogP contribution in [0.5, 0.6) is 0 Å². The van der Waals surface area contributed by atoms with E-state index in [1.54, 1.807) is 6.20 Å². The van der Waals surface area contributed by atoms with Crippen molar-refractivity contribution in [3.8, 4) is 0 Å². The molecule has 3 rings (SSSR count). The molecule has 5 heteroatoms. The van der Waals surface area contributed by atoms with Gasteiger partial charge in [-0.2, -0.15) is 0 Å². The Morgan fingerprint density at radius 2 is 1.74 bits per heavy atom. The Balaban J connectivity index is 0.000000335. The molecular formula is C33H48N4O. The fourth-order valence-electron chi connectivity index (χ4n) is 3.53. The van der Waals surface area contributed by atoms with Crippen molar-refractivity contribution in [3.05, 3.63) is 101 Å². The number of carbonyl (C=O) groups excluding carboxylic acids is 1. The molecule has 3 N–H and O–H groups in total. The molecule has 0 amide bonds. The Hall–Kier alpha value is -3.44. The zero-order chi connectivity index (χ0) is 28.7. The molecule has 0 atom stereocenters. The molecule has 1 saturated heterocycles. The van der Waals surface area contributed by atoms with Crippen LogP contribution in [0.15, 0.2) is 94.8 Å². The fourth-order valence-corrected chi connectivity index (χ4v) is 3.53. The number of Topliss-reactive ketones (excluding diaryl/α,β-unsaturated/α-hetero) is 1. The van der Waals surface area contributed by atoms with Gasteiger partial charge in [0.25, 0.3) is 0 Å². The van der Waals surface area contributed by atoms with Gasteiger partial charge in [-0.25, -0.2) is 4.99 Å². The number of amidine groups is 1. The molecule has 5 nitrogen and oxygen atoms in total. The summed E-state index contributed by atoms with van der Waals surface area (Å²) in [4.78, 5) is 16.1. The summed E-state index contributed by atoms with van der Waals surface area (Å²) < 4.78 is 0. The molecule has 0 spiro atoms. The maximum Gasteiger partial charge on any atom is 0.137 e. The highest BCUT2D eigenvalue weighted by Crippen LogP contribution is 2.23. The van der Waals surface area contributed by atoms with Gasteiger partial charge in [0.1, 0.15) is 11.6 Å². The van der Waals surface area contributed by atoms with E-state index in [1.165, 1.54) is 41.8 Å². The largest absolute Gasteiger partial charge is 0.368 e. The third kappa shape index (κ3) is 11.7. The van der Waals surface area contributed by atoms with Gasteiger partial charge in [-0.05, 0) is 78.2 Å². The predicted octanol–water partition coefficient (Wildman–Crippen LogP) is 7.25. The Bertz CT molecular complexity index is 1100. The first-order chi connectivity index (χ1) is 18.0. The van der Waals surface area contributed by atoms with Gasteiger partial charge in [-0.15, -0.1) is 0 Å². The molecule has 0 unspecified atom stereocenters. The van der Waals surface area contributed by atoms with E-state index in [0.717, 1.165) is 43.0 Å². The van der Waals surface area contributed by atoms with Crippen LogP contribution in [0.2, 0.25) is 0 Å². The standard InChI is InChI=1S/C16H18N2.C14H24N2.C3H6O/c1-5-17-16-14(11(2)3)10-15(18-16)13-8-6-12(4)7-9-13;1-4-6-7-8-14(9-12(3)5-2)16-10-13(15)11-16;1-3(2)4/h5-10H,1H2,2-4H3,(H,17,18);6-9,13H,4-5,10-11,15H2,1-3H3;1-2H3/b;7-6+,12-9+,14-8+;. The topological polar surface area (TPSA) is 70.7 Å². The zero-order valence-electron chi connectivity index (χ0n) is 24.8. The van der Waals surface area contributed by atoms with E-state index in [-0.39, 0.29) is 5.78 Å². The van der Waals surface area contributed by atoms with Crippen LogP contribution in [0.1, 0.15) is 72.4 Å². The minimum Gasteiger partial charge on any atom is -0.368 e. The van der Waals surface area contributed by atoms with Gasteiger partial charge < -0.3 is 20.7 Å². The Kier molecular flexibility index (Phi) is 14.7. The number of benzene rings is 1. The van der Waals surface area contributed by atoms with Crippen LogP contribution < -0.4 is 11.1 Å². The average Bonchev–Trinajstić information content (AvgIpc) is 3.26. The second-order valence-corrected chi connectivity index (χ2v) is 9.97.